The number of hydrogen-bond acceptors (Lipinski definition) is 12. The van der Waals surface area contributed by atoms with Crippen LogP contribution in [0.15, 0.2) is 107 Å². The Labute approximate surface area is 309 Å². The summed E-state index contributed by atoms with van der Waals surface area (Å²) in [7, 11) is 0. The number of carbonyl (C=O) groups is 4. The second-order valence-electron chi connectivity index (χ2n) is 10.8. The summed E-state index contributed by atoms with van der Waals surface area (Å²) in [6.07, 6.45) is 0. The van der Waals surface area contributed by atoms with E-state index in [0.717, 1.165) is 21.1 Å². The van der Waals surface area contributed by atoms with E-state index >= 15 is 0 Å². The Kier molecular flexibility index (Phi) is 13.4. The molecule has 2 amide bonds. The number of hydrogen-bond donors (Lipinski definition) is 4. The van der Waals surface area contributed by atoms with Crippen LogP contribution in [0, 0.1) is 0 Å². The third kappa shape index (κ3) is 9.30. The Bertz CT molecular complexity index is 1850. The molecule has 2 atom stereocenters. The summed E-state index contributed by atoms with van der Waals surface area (Å²) in [5, 5.41) is 11.2. The fourth-order valence-electron chi connectivity index (χ4n) is 4.60. The lowest BCUT2D eigenvalue weighted by molar-refractivity contribution is -0.136. The van der Waals surface area contributed by atoms with Gasteiger partial charge in [0, 0.05) is 0 Å². The molecule has 4 aromatic carbocycles. The van der Waals surface area contributed by atoms with E-state index < -0.39 is 35.8 Å². The summed E-state index contributed by atoms with van der Waals surface area (Å²) in [5.41, 5.74) is 26.7. The lowest BCUT2D eigenvalue weighted by Gasteiger charge is -2.11. The zero-order chi connectivity index (χ0) is 37.9. The van der Waals surface area contributed by atoms with Crippen LogP contribution in [-0.4, -0.2) is 60.5 Å². The average molecular weight is 748 g/mol. The number of hydrazone groups is 2. The number of carbonyl (C=O) groups excluding carboxylic acids is 4. The summed E-state index contributed by atoms with van der Waals surface area (Å²) in [5.74, 6) is -2.19. The SMILES string of the molecule is CCOC(=O)C1=NN(c2ccccc2)C(=O)C1N.CCOC(=O)C1=NN(c2ccccc2)C(=O)C1N.Nc1ccc(-c2ccc(N)c(Cl)c2)cc1Cl. The fraction of sp³-hybridized carbons (Fsp3) is 0.167. The molecule has 0 radical (unpaired) electrons. The molecule has 2 heterocycles. The van der Waals surface area contributed by atoms with E-state index in [2.05, 4.69) is 10.2 Å². The lowest BCUT2D eigenvalue weighted by atomic mass is 10.1. The van der Waals surface area contributed by atoms with E-state index in [1.54, 1.807) is 86.6 Å². The molecule has 270 valence electrons. The first kappa shape index (κ1) is 39.0. The minimum atomic E-state index is -1.07. The van der Waals surface area contributed by atoms with E-state index in [-0.39, 0.29) is 24.6 Å². The maximum atomic E-state index is 11.9. The molecule has 0 saturated carbocycles. The molecule has 2 aliphatic rings. The van der Waals surface area contributed by atoms with Crippen molar-refractivity contribution in [1.82, 2.24) is 0 Å². The van der Waals surface area contributed by atoms with E-state index in [1.807, 2.05) is 24.3 Å². The largest absolute Gasteiger partial charge is 0.461 e. The van der Waals surface area contributed by atoms with Gasteiger partial charge in [-0.2, -0.15) is 20.2 Å². The maximum absolute atomic E-state index is 11.9. The summed E-state index contributed by atoms with van der Waals surface area (Å²) in [4.78, 5) is 46.9. The topological polar surface area (TPSA) is 222 Å². The van der Waals surface area contributed by atoms with Crippen LogP contribution in [0.5, 0.6) is 0 Å². The first-order valence-corrected chi connectivity index (χ1v) is 16.5. The van der Waals surface area contributed by atoms with E-state index in [0.29, 0.717) is 32.8 Å². The molecular weight excluding hydrogens is 711 g/mol. The highest BCUT2D eigenvalue weighted by Crippen LogP contribution is 2.30. The van der Waals surface area contributed by atoms with Crippen molar-refractivity contribution in [2.45, 2.75) is 25.9 Å². The highest BCUT2D eigenvalue weighted by Gasteiger charge is 2.39. The Balaban J connectivity index is 0.000000175. The van der Waals surface area contributed by atoms with Gasteiger partial charge in [-0.1, -0.05) is 71.7 Å². The molecule has 0 aromatic heterocycles. The number of nitrogen functional groups attached to an aromatic ring is 2. The van der Waals surface area contributed by atoms with Gasteiger partial charge in [0.2, 0.25) is 0 Å². The average Bonchev–Trinajstić information content (AvgIpc) is 3.62. The molecule has 0 saturated heterocycles. The number of ether oxygens (including phenoxy) is 2. The molecule has 0 fully saturated rings. The molecule has 2 aliphatic heterocycles. The van der Waals surface area contributed by atoms with Crippen molar-refractivity contribution in [2.75, 3.05) is 34.7 Å². The normalized spacial score (nSPS) is 16.2. The van der Waals surface area contributed by atoms with Gasteiger partial charge >= 0.3 is 11.9 Å². The molecule has 0 spiro atoms. The molecule has 14 nitrogen and oxygen atoms in total. The molecule has 6 rings (SSSR count). The van der Waals surface area contributed by atoms with E-state index in [1.165, 1.54) is 0 Å². The van der Waals surface area contributed by atoms with E-state index in [9.17, 15) is 19.2 Å². The third-order valence-electron chi connectivity index (χ3n) is 7.26. The van der Waals surface area contributed by atoms with Crippen molar-refractivity contribution < 1.29 is 28.7 Å². The number of benzene rings is 4. The van der Waals surface area contributed by atoms with Gasteiger partial charge in [-0.3, -0.25) is 9.59 Å². The number of nitrogens with zero attached hydrogens (tertiary/aromatic N) is 4. The van der Waals surface area contributed by atoms with Crippen molar-refractivity contribution >= 4 is 81.1 Å². The van der Waals surface area contributed by atoms with Crippen molar-refractivity contribution in [1.29, 1.82) is 0 Å². The van der Waals surface area contributed by atoms with Crippen molar-refractivity contribution in [3.8, 4) is 11.1 Å². The molecule has 0 bridgehead atoms. The van der Waals surface area contributed by atoms with Crippen LogP contribution in [0.2, 0.25) is 10.0 Å². The van der Waals surface area contributed by atoms with Gasteiger partial charge < -0.3 is 32.4 Å². The zero-order valence-electron chi connectivity index (χ0n) is 28.1. The van der Waals surface area contributed by atoms with Crippen LogP contribution in [0.3, 0.4) is 0 Å². The standard InChI is InChI=1S/C12H10Cl2N2.2C12H13N3O3/c13-9-5-7(1-3-11(9)15)8-2-4-12(16)10(14)6-8;2*1-2-18-12(17)10-9(13)11(16)15(14-10)8-6-4-3-5-7-8/h1-6H,15-16H2;2*3-7,9H,2,13H2,1H3. The summed E-state index contributed by atoms with van der Waals surface area (Å²) in [6.45, 7) is 3.78. The van der Waals surface area contributed by atoms with E-state index in [4.69, 9.17) is 55.6 Å². The van der Waals surface area contributed by atoms with Crippen LogP contribution < -0.4 is 33.0 Å². The molecule has 8 N–H and O–H groups in total. The molecule has 4 aromatic rings. The summed E-state index contributed by atoms with van der Waals surface area (Å²) in [6, 6.07) is 26.4. The van der Waals surface area contributed by atoms with Gasteiger partial charge in [0.15, 0.2) is 11.4 Å². The summed E-state index contributed by atoms with van der Waals surface area (Å²) < 4.78 is 9.60. The Morgan fingerprint density at radius 1 is 0.635 bits per heavy atom. The Hall–Kier alpha value is -5.80. The van der Waals surface area contributed by atoms with Crippen molar-refractivity contribution in [2.24, 2.45) is 21.7 Å². The molecule has 0 aliphatic carbocycles. The number of anilines is 4. The smallest absolute Gasteiger partial charge is 0.356 e. The fourth-order valence-corrected chi connectivity index (χ4v) is 4.96. The Morgan fingerprint density at radius 3 is 1.29 bits per heavy atom. The van der Waals surface area contributed by atoms with Gasteiger partial charge in [-0.25, -0.2) is 9.59 Å². The van der Waals surface area contributed by atoms with Gasteiger partial charge in [-0.15, -0.1) is 0 Å². The lowest BCUT2D eigenvalue weighted by Crippen LogP contribution is -2.42. The number of rotatable bonds is 7. The van der Waals surface area contributed by atoms with Crippen LogP contribution >= 0.6 is 23.2 Å². The number of amides is 2. The van der Waals surface area contributed by atoms with Gasteiger partial charge in [0.25, 0.3) is 11.8 Å². The maximum Gasteiger partial charge on any atom is 0.356 e. The predicted octanol–water partition coefficient (Wildman–Crippen LogP) is 4.38. The highest BCUT2D eigenvalue weighted by atomic mass is 35.5. The van der Waals surface area contributed by atoms with Gasteiger partial charge in [0.1, 0.15) is 12.1 Å². The third-order valence-corrected chi connectivity index (χ3v) is 7.91. The molecular formula is C36H36Cl2N8O6. The van der Waals surface area contributed by atoms with Crippen LogP contribution in [0.1, 0.15) is 13.8 Å². The predicted molar refractivity (Wildman–Crippen MR) is 203 cm³/mol. The highest BCUT2D eigenvalue weighted by molar-refractivity contribution is 6.46. The molecule has 52 heavy (non-hydrogen) atoms. The second-order valence-corrected chi connectivity index (χ2v) is 11.6. The van der Waals surface area contributed by atoms with Crippen LogP contribution in [-0.2, 0) is 28.7 Å². The van der Waals surface area contributed by atoms with Gasteiger partial charge in [0.05, 0.1) is 46.0 Å². The minimum absolute atomic E-state index is 0.0642. The van der Waals surface area contributed by atoms with Gasteiger partial charge in [-0.05, 0) is 73.5 Å². The Morgan fingerprint density at radius 2 is 0.981 bits per heavy atom. The zero-order valence-corrected chi connectivity index (χ0v) is 29.6. The second kappa shape index (κ2) is 17.9. The number of nitrogens with two attached hydrogens (primary N) is 4. The van der Waals surface area contributed by atoms with Crippen molar-refractivity contribution in [3.05, 3.63) is 107 Å². The molecule has 16 heteroatoms. The number of esters is 2. The van der Waals surface area contributed by atoms with Crippen LogP contribution in [0.25, 0.3) is 11.1 Å². The summed E-state index contributed by atoms with van der Waals surface area (Å²) >= 11 is 11.9. The first-order chi connectivity index (χ1) is 24.9. The number of halogens is 2. The molecule has 2 unspecified atom stereocenters. The minimum Gasteiger partial charge on any atom is -0.461 e. The monoisotopic (exact) mass is 746 g/mol. The number of para-hydroxylation sites is 2. The quantitative estimate of drug-likeness (QED) is 0.154. The van der Waals surface area contributed by atoms with Crippen LogP contribution in [0.4, 0.5) is 22.7 Å². The first-order valence-electron chi connectivity index (χ1n) is 15.8. The van der Waals surface area contributed by atoms with Crippen molar-refractivity contribution in [3.63, 3.8) is 0 Å².